The molecule has 2 rings (SSSR count). The molecule has 0 bridgehead atoms. The lowest BCUT2D eigenvalue weighted by Gasteiger charge is -2.24. The average molecular weight is 317 g/mol. The second-order valence-corrected chi connectivity index (χ2v) is 5.00. The Morgan fingerprint density at radius 2 is 2.13 bits per heavy atom. The molecular weight excluding hydrogens is 301 g/mol. The van der Waals surface area contributed by atoms with Crippen molar-refractivity contribution >= 4 is 28.4 Å². The fourth-order valence-electron chi connectivity index (χ4n) is 1.76. The van der Waals surface area contributed by atoms with Crippen molar-refractivity contribution in [3.63, 3.8) is 0 Å². The highest BCUT2D eigenvalue weighted by Gasteiger charge is 2.24. The Bertz CT molecular complexity index is 336. The molecule has 15 heavy (non-hydrogen) atoms. The smallest absolute Gasteiger partial charge is 0.143 e. The molecule has 0 spiro atoms. The van der Waals surface area contributed by atoms with Gasteiger partial charge in [-0.1, -0.05) is 13.3 Å². The molecule has 0 unspecified atom stereocenters. The van der Waals surface area contributed by atoms with Crippen molar-refractivity contribution < 1.29 is 0 Å². The van der Waals surface area contributed by atoms with Crippen LogP contribution in [0.4, 0.5) is 5.82 Å². The molecule has 0 radical (unpaired) electrons. The van der Waals surface area contributed by atoms with Crippen molar-refractivity contribution in [2.24, 2.45) is 0 Å². The van der Waals surface area contributed by atoms with Gasteiger partial charge in [0, 0.05) is 13.0 Å². The summed E-state index contributed by atoms with van der Waals surface area (Å²) in [5.41, 5.74) is 1.18. The highest BCUT2D eigenvalue weighted by Crippen LogP contribution is 2.35. The molecule has 1 saturated carbocycles. The Morgan fingerprint density at radius 1 is 1.40 bits per heavy atom. The van der Waals surface area contributed by atoms with Gasteiger partial charge in [-0.3, -0.25) is 0 Å². The zero-order chi connectivity index (χ0) is 10.8. The maximum Gasteiger partial charge on any atom is 0.143 e. The van der Waals surface area contributed by atoms with Crippen molar-refractivity contribution in [1.82, 2.24) is 9.97 Å². The zero-order valence-electron chi connectivity index (χ0n) is 9.18. The first kappa shape index (κ1) is 11.1. The summed E-state index contributed by atoms with van der Waals surface area (Å²) in [6, 6.07) is 0. The van der Waals surface area contributed by atoms with E-state index in [1.807, 2.05) is 7.05 Å². The molecule has 0 amide bonds. The van der Waals surface area contributed by atoms with Gasteiger partial charge < -0.3 is 5.32 Å². The fourth-order valence-corrected chi connectivity index (χ4v) is 2.65. The largest absolute Gasteiger partial charge is 0.372 e. The van der Waals surface area contributed by atoms with Crippen molar-refractivity contribution in [3.05, 3.63) is 15.1 Å². The van der Waals surface area contributed by atoms with E-state index >= 15 is 0 Å². The number of rotatable bonds is 3. The van der Waals surface area contributed by atoms with E-state index in [2.05, 4.69) is 44.8 Å². The van der Waals surface area contributed by atoms with Crippen LogP contribution in [0.5, 0.6) is 0 Å². The van der Waals surface area contributed by atoms with Crippen LogP contribution >= 0.6 is 22.6 Å². The summed E-state index contributed by atoms with van der Waals surface area (Å²) in [7, 11) is 1.93. The Morgan fingerprint density at radius 3 is 2.60 bits per heavy atom. The SMILES string of the molecule is CCc1nc(C2CCC2)nc(NC)c1I. The number of nitrogens with one attached hydrogen (secondary N) is 1. The quantitative estimate of drug-likeness (QED) is 0.871. The van der Waals surface area contributed by atoms with Gasteiger partial charge in [-0.25, -0.2) is 9.97 Å². The maximum absolute atomic E-state index is 4.66. The lowest BCUT2D eigenvalue weighted by atomic mass is 9.85. The third-order valence-corrected chi connectivity index (χ3v) is 4.11. The predicted octanol–water partition coefficient (Wildman–Crippen LogP) is 2.95. The second-order valence-electron chi connectivity index (χ2n) is 3.92. The van der Waals surface area contributed by atoms with Crippen LogP contribution in [0.2, 0.25) is 0 Å². The van der Waals surface area contributed by atoms with Gasteiger partial charge in [0.2, 0.25) is 0 Å². The molecule has 3 nitrogen and oxygen atoms in total. The Hall–Kier alpha value is -0.390. The summed E-state index contributed by atoms with van der Waals surface area (Å²) >= 11 is 2.32. The van der Waals surface area contributed by atoms with Crippen LogP contribution in [0, 0.1) is 3.57 Å². The van der Waals surface area contributed by atoms with Crippen LogP contribution < -0.4 is 5.32 Å². The number of nitrogens with zero attached hydrogens (tertiary/aromatic N) is 2. The molecule has 0 aromatic carbocycles. The van der Waals surface area contributed by atoms with Gasteiger partial charge in [-0.15, -0.1) is 0 Å². The van der Waals surface area contributed by atoms with Gasteiger partial charge in [0.25, 0.3) is 0 Å². The zero-order valence-corrected chi connectivity index (χ0v) is 11.3. The van der Waals surface area contributed by atoms with E-state index in [1.165, 1.54) is 28.5 Å². The number of hydrogen-bond acceptors (Lipinski definition) is 3. The lowest BCUT2D eigenvalue weighted by molar-refractivity contribution is 0.400. The van der Waals surface area contributed by atoms with Gasteiger partial charge in [0.15, 0.2) is 0 Å². The summed E-state index contributed by atoms with van der Waals surface area (Å²) in [5, 5.41) is 3.15. The molecule has 0 saturated heterocycles. The average Bonchev–Trinajstić information content (AvgIpc) is 2.17. The van der Waals surface area contributed by atoms with Crippen LogP contribution in [0.25, 0.3) is 0 Å². The van der Waals surface area contributed by atoms with Crippen molar-refractivity contribution in [1.29, 1.82) is 0 Å². The first-order valence-corrected chi connectivity index (χ1v) is 6.58. The Kier molecular flexibility index (Phi) is 3.43. The number of aromatic nitrogens is 2. The first-order chi connectivity index (χ1) is 7.26. The van der Waals surface area contributed by atoms with Crippen LogP contribution in [0.15, 0.2) is 0 Å². The molecule has 0 aliphatic heterocycles. The van der Waals surface area contributed by atoms with E-state index in [0.29, 0.717) is 5.92 Å². The van der Waals surface area contributed by atoms with Crippen molar-refractivity contribution in [2.75, 3.05) is 12.4 Å². The van der Waals surface area contributed by atoms with E-state index in [0.717, 1.165) is 18.1 Å². The van der Waals surface area contributed by atoms with Crippen LogP contribution in [-0.2, 0) is 6.42 Å². The minimum Gasteiger partial charge on any atom is -0.372 e. The summed E-state index contributed by atoms with van der Waals surface area (Å²) in [6.07, 6.45) is 4.82. The molecule has 4 heteroatoms. The van der Waals surface area contributed by atoms with Gasteiger partial charge in [0.05, 0.1) is 9.26 Å². The molecular formula is C11H16IN3. The maximum atomic E-state index is 4.66. The summed E-state index contributed by atoms with van der Waals surface area (Å²) < 4.78 is 1.17. The topological polar surface area (TPSA) is 37.8 Å². The molecule has 1 aromatic heterocycles. The molecule has 1 aliphatic carbocycles. The summed E-state index contributed by atoms with van der Waals surface area (Å²) in [4.78, 5) is 9.25. The van der Waals surface area contributed by atoms with Crippen molar-refractivity contribution in [3.8, 4) is 0 Å². The normalized spacial score (nSPS) is 16.2. The number of hydrogen-bond donors (Lipinski definition) is 1. The van der Waals surface area contributed by atoms with E-state index in [4.69, 9.17) is 0 Å². The van der Waals surface area contributed by atoms with Gasteiger partial charge in [0.1, 0.15) is 11.6 Å². The van der Waals surface area contributed by atoms with Crippen LogP contribution in [0.3, 0.4) is 0 Å². The molecule has 82 valence electrons. The van der Waals surface area contributed by atoms with Gasteiger partial charge in [-0.2, -0.15) is 0 Å². The monoisotopic (exact) mass is 317 g/mol. The van der Waals surface area contributed by atoms with Crippen LogP contribution in [-0.4, -0.2) is 17.0 Å². The third kappa shape index (κ3) is 2.09. The van der Waals surface area contributed by atoms with Crippen LogP contribution in [0.1, 0.15) is 43.6 Å². The number of halogens is 1. The summed E-state index contributed by atoms with van der Waals surface area (Å²) in [5.74, 6) is 2.65. The molecule has 1 heterocycles. The van der Waals surface area contributed by atoms with E-state index in [9.17, 15) is 0 Å². The van der Waals surface area contributed by atoms with E-state index < -0.39 is 0 Å². The molecule has 1 aliphatic rings. The predicted molar refractivity (Wildman–Crippen MR) is 70.3 cm³/mol. The van der Waals surface area contributed by atoms with E-state index in [-0.39, 0.29) is 0 Å². The van der Waals surface area contributed by atoms with Gasteiger partial charge in [-0.05, 0) is 41.9 Å². The Balaban J connectivity index is 2.38. The van der Waals surface area contributed by atoms with E-state index in [1.54, 1.807) is 0 Å². The highest BCUT2D eigenvalue weighted by molar-refractivity contribution is 14.1. The second kappa shape index (κ2) is 4.63. The Labute approximate surface area is 104 Å². The highest BCUT2D eigenvalue weighted by atomic mass is 127. The number of aryl methyl sites for hydroxylation is 1. The molecule has 0 atom stereocenters. The minimum absolute atomic E-state index is 0.611. The third-order valence-electron chi connectivity index (χ3n) is 2.98. The fraction of sp³-hybridized carbons (Fsp3) is 0.636. The van der Waals surface area contributed by atoms with Crippen molar-refractivity contribution in [2.45, 2.75) is 38.5 Å². The summed E-state index contributed by atoms with van der Waals surface area (Å²) in [6.45, 7) is 2.15. The lowest BCUT2D eigenvalue weighted by Crippen LogP contribution is -2.16. The number of anilines is 1. The molecule has 1 N–H and O–H groups in total. The first-order valence-electron chi connectivity index (χ1n) is 5.50. The standard InChI is InChI=1S/C11H16IN3/c1-3-8-9(12)11(13-2)15-10(14-8)7-5-4-6-7/h7H,3-6H2,1-2H3,(H,13,14,15). The minimum atomic E-state index is 0.611. The molecule has 1 fully saturated rings. The van der Waals surface area contributed by atoms with Gasteiger partial charge >= 0.3 is 0 Å². The molecule has 1 aromatic rings.